The Morgan fingerprint density at radius 3 is 2.36 bits per heavy atom. The Bertz CT molecular complexity index is 1130. The first-order chi connectivity index (χ1) is 13.5. The maximum absolute atomic E-state index is 12.8. The van der Waals surface area contributed by atoms with Gasteiger partial charge in [-0.15, -0.1) is 0 Å². The Kier molecular flexibility index (Phi) is 4.65. The molecule has 3 heterocycles. The van der Waals surface area contributed by atoms with Crippen molar-refractivity contribution in [2.24, 2.45) is 0 Å². The van der Waals surface area contributed by atoms with E-state index >= 15 is 0 Å². The van der Waals surface area contributed by atoms with Crippen LogP contribution in [0.5, 0.6) is 0 Å². The van der Waals surface area contributed by atoms with E-state index in [1.54, 1.807) is 29.4 Å². The lowest BCUT2D eigenvalue weighted by Gasteiger charge is -2.18. The Morgan fingerprint density at radius 1 is 0.964 bits per heavy atom. The van der Waals surface area contributed by atoms with Crippen LogP contribution < -0.4 is 0 Å². The zero-order chi connectivity index (χ0) is 19.7. The van der Waals surface area contributed by atoms with Gasteiger partial charge < -0.3 is 9.30 Å². The highest BCUT2D eigenvalue weighted by Crippen LogP contribution is 2.26. The van der Waals surface area contributed by atoms with Crippen LogP contribution in [0.2, 0.25) is 0 Å². The van der Waals surface area contributed by atoms with Gasteiger partial charge in [0.25, 0.3) is 5.91 Å². The lowest BCUT2D eigenvalue weighted by molar-refractivity contribution is 0.0783. The van der Waals surface area contributed by atoms with Crippen molar-refractivity contribution in [3.05, 3.63) is 89.5 Å². The molecule has 0 fully saturated rings. The number of aromatic nitrogens is 3. The summed E-state index contributed by atoms with van der Waals surface area (Å²) in [5.41, 5.74) is 6.79. The molecule has 0 atom stereocenters. The van der Waals surface area contributed by atoms with E-state index in [1.807, 2.05) is 13.1 Å². The standard InChI is InChI=1S/C23H22N4O/c1-16-4-7-18(8-5-16)22-20(27-14-17(2)6-9-21(27)25-22)15-26(3)23(28)19-10-12-24-13-11-19/h4-14H,15H2,1-3H3. The summed E-state index contributed by atoms with van der Waals surface area (Å²) in [4.78, 5) is 23.4. The Morgan fingerprint density at radius 2 is 1.64 bits per heavy atom. The highest BCUT2D eigenvalue weighted by molar-refractivity contribution is 5.93. The molecule has 0 radical (unpaired) electrons. The van der Waals surface area contributed by atoms with Crippen LogP contribution in [-0.4, -0.2) is 32.2 Å². The van der Waals surface area contributed by atoms with Crippen molar-refractivity contribution in [1.29, 1.82) is 0 Å². The van der Waals surface area contributed by atoms with E-state index in [9.17, 15) is 4.79 Å². The minimum atomic E-state index is -0.0418. The van der Waals surface area contributed by atoms with Gasteiger partial charge in [-0.3, -0.25) is 9.78 Å². The molecule has 5 nitrogen and oxygen atoms in total. The second kappa shape index (κ2) is 7.27. The van der Waals surface area contributed by atoms with Crippen LogP contribution in [0.4, 0.5) is 0 Å². The van der Waals surface area contributed by atoms with Gasteiger partial charge in [0.15, 0.2) is 0 Å². The summed E-state index contributed by atoms with van der Waals surface area (Å²) in [6.07, 6.45) is 5.34. The van der Waals surface area contributed by atoms with Gasteiger partial charge in [-0.1, -0.05) is 35.9 Å². The largest absolute Gasteiger partial charge is 0.336 e. The minimum absolute atomic E-state index is 0.0418. The average Bonchev–Trinajstić information content (AvgIpc) is 3.06. The molecule has 0 bridgehead atoms. The van der Waals surface area contributed by atoms with Gasteiger partial charge in [-0.25, -0.2) is 4.98 Å². The molecule has 1 amide bonds. The van der Waals surface area contributed by atoms with E-state index in [2.05, 4.69) is 59.8 Å². The molecule has 140 valence electrons. The molecule has 0 aliphatic heterocycles. The molecule has 0 saturated carbocycles. The van der Waals surface area contributed by atoms with Crippen molar-refractivity contribution in [2.45, 2.75) is 20.4 Å². The molecule has 4 aromatic rings. The number of rotatable bonds is 4. The van der Waals surface area contributed by atoms with Crippen molar-refractivity contribution < 1.29 is 4.79 Å². The predicted octanol–water partition coefficient (Wildman–Crippen LogP) is 4.29. The second-order valence-corrected chi connectivity index (χ2v) is 7.10. The summed E-state index contributed by atoms with van der Waals surface area (Å²) in [6.45, 7) is 4.58. The van der Waals surface area contributed by atoms with Crippen LogP contribution in [0.15, 0.2) is 67.1 Å². The van der Waals surface area contributed by atoms with Crippen molar-refractivity contribution in [3.8, 4) is 11.3 Å². The van der Waals surface area contributed by atoms with E-state index in [4.69, 9.17) is 4.98 Å². The molecule has 0 aliphatic carbocycles. The third-order valence-electron chi connectivity index (χ3n) is 4.85. The smallest absolute Gasteiger partial charge is 0.254 e. The van der Waals surface area contributed by atoms with Crippen molar-refractivity contribution in [2.75, 3.05) is 7.05 Å². The third kappa shape index (κ3) is 3.39. The van der Waals surface area contributed by atoms with E-state index in [0.29, 0.717) is 12.1 Å². The average molecular weight is 370 g/mol. The van der Waals surface area contributed by atoms with Crippen molar-refractivity contribution in [3.63, 3.8) is 0 Å². The van der Waals surface area contributed by atoms with Crippen LogP contribution in [0.25, 0.3) is 16.9 Å². The molecule has 0 N–H and O–H groups in total. The quantitative estimate of drug-likeness (QED) is 0.539. The zero-order valence-corrected chi connectivity index (χ0v) is 16.3. The van der Waals surface area contributed by atoms with Gasteiger partial charge in [-0.2, -0.15) is 0 Å². The number of pyridine rings is 2. The van der Waals surface area contributed by atoms with E-state index in [0.717, 1.165) is 28.2 Å². The number of nitrogens with zero attached hydrogens (tertiary/aromatic N) is 4. The maximum atomic E-state index is 12.8. The molecule has 3 aromatic heterocycles. The highest BCUT2D eigenvalue weighted by Gasteiger charge is 2.19. The summed E-state index contributed by atoms with van der Waals surface area (Å²) in [5.74, 6) is -0.0418. The number of fused-ring (bicyclic) bond motifs is 1. The molecule has 0 aliphatic rings. The lowest BCUT2D eigenvalue weighted by atomic mass is 10.1. The fourth-order valence-corrected chi connectivity index (χ4v) is 3.30. The molecular formula is C23H22N4O. The SMILES string of the molecule is Cc1ccc(-c2nc3ccc(C)cn3c2CN(C)C(=O)c2ccncc2)cc1. The first kappa shape index (κ1) is 17.9. The number of imidazole rings is 1. The summed E-state index contributed by atoms with van der Waals surface area (Å²) in [5, 5.41) is 0. The number of benzene rings is 1. The predicted molar refractivity (Wildman–Crippen MR) is 110 cm³/mol. The van der Waals surface area contributed by atoms with Crippen LogP contribution in [-0.2, 0) is 6.54 Å². The van der Waals surface area contributed by atoms with Gasteiger partial charge in [0, 0.05) is 36.8 Å². The Balaban J connectivity index is 1.78. The summed E-state index contributed by atoms with van der Waals surface area (Å²) < 4.78 is 2.08. The Labute approximate surface area is 164 Å². The molecule has 4 rings (SSSR count). The monoisotopic (exact) mass is 370 g/mol. The van der Waals surface area contributed by atoms with Gasteiger partial charge in [0.2, 0.25) is 0 Å². The summed E-state index contributed by atoms with van der Waals surface area (Å²) in [7, 11) is 1.82. The first-order valence-corrected chi connectivity index (χ1v) is 9.23. The fraction of sp³-hybridized carbons (Fsp3) is 0.174. The molecule has 0 unspecified atom stereocenters. The first-order valence-electron chi connectivity index (χ1n) is 9.23. The highest BCUT2D eigenvalue weighted by atomic mass is 16.2. The van der Waals surface area contributed by atoms with E-state index in [1.165, 1.54) is 5.56 Å². The molecule has 0 spiro atoms. The molecule has 0 saturated heterocycles. The normalized spacial score (nSPS) is 11.0. The number of aryl methyl sites for hydroxylation is 2. The van der Waals surface area contributed by atoms with Gasteiger partial charge >= 0.3 is 0 Å². The molecular weight excluding hydrogens is 348 g/mol. The molecule has 28 heavy (non-hydrogen) atoms. The van der Waals surface area contributed by atoms with Gasteiger partial charge in [0.05, 0.1) is 17.9 Å². The van der Waals surface area contributed by atoms with Crippen LogP contribution in [0.3, 0.4) is 0 Å². The molecule has 5 heteroatoms. The summed E-state index contributed by atoms with van der Waals surface area (Å²) in [6, 6.07) is 15.9. The number of carbonyl (C=O) groups is 1. The maximum Gasteiger partial charge on any atom is 0.254 e. The number of hydrogen-bond donors (Lipinski definition) is 0. The fourth-order valence-electron chi connectivity index (χ4n) is 3.30. The van der Waals surface area contributed by atoms with E-state index in [-0.39, 0.29) is 5.91 Å². The van der Waals surface area contributed by atoms with E-state index < -0.39 is 0 Å². The van der Waals surface area contributed by atoms with Crippen LogP contribution >= 0.6 is 0 Å². The number of hydrogen-bond acceptors (Lipinski definition) is 3. The van der Waals surface area contributed by atoms with Gasteiger partial charge in [0.1, 0.15) is 5.65 Å². The van der Waals surface area contributed by atoms with Crippen LogP contribution in [0, 0.1) is 13.8 Å². The lowest BCUT2D eigenvalue weighted by Crippen LogP contribution is -2.27. The van der Waals surface area contributed by atoms with Crippen molar-refractivity contribution >= 4 is 11.6 Å². The minimum Gasteiger partial charge on any atom is -0.336 e. The topological polar surface area (TPSA) is 50.5 Å². The van der Waals surface area contributed by atoms with Gasteiger partial charge in [-0.05, 0) is 37.6 Å². The number of amides is 1. The zero-order valence-electron chi connectivity index (χ0n) is 16.3. The summed E-state index contributed by atoms with van der Waals surface area (Å²) >= 11 is 0. The molecule has 1 aromatic carbocycles. The second-order valence-electron chi connectivity index (χ2n) is 7.10. The van der Waals surface area contributed by atoms with Crippen molar-refractivity contribution in [1.82, 2.24) is 19.3 Å². The number of carbonyl (C=O) groups excluding carboxylic acids is 1. The third-order valence-corrected chi connectivity index (χ3v) is 4.85. The van der Waals surface area contributed by atoms with Crippen LogP contribution in [0.1, 0.15) is 27.2 Å². The Hall–Kier alpha value is -3.47.